The van der Waals surface area contributed by atoms with Gasteiger partial charge in [0.05, 0.1) is 12.6 Å². The SMILES string of the molecule is Cc1ccc2sc3c(-c4ccc(C(C)(C)C)cc4)cccc3c2c1-c1n(-c2c(C(C)C)cccc2C(C)C)c2ccccc2[n+]1C. The number of para-hydroxylation sites is 3. The third-order valence-electron chi connectivity index (χ3n) is 9.74. The molecular weight excluding hydrogens is 577 g/mol. The summed E-state index contributed by atoms with van der Waals surface area (Å²) in [5, 5.41) is 2.68. The van der Waals surface area contributed by atoms with Gasteiger partial charge in [-0.05, 0) is 64.6 Å². The molecule has 5 aromatic carbocycles. The first-order chi connectivity index (χ1) is 22.0. The molecular formula is C43H45N2S+. The summed E-state index contributed by atoms with van der Waals surface area (Å²) in [6, 6.07) is 36.5. The summed E-state index contributed by atoms with van der Waals surface area (Å²) in [6.45, 7) is 18.4. The van der Waals surface area contributed by atoms with Crippen molar-refractivity contribution in [2.24, 2.45) is 7.05 Å². The lowest BCUT2D eigenvalue weighted by Gasteiger charge is -2.19. The van der Waals surface area contributed by atoms with Crippen LogP contribution in [0.5, 0.6) is 0 Å². The first kappa shape index (κ1) is 30.4. The number of fused-ring (bicyclic) bond motifs is 4. The van der Waals surface area contributed by atoms with Crippen molar-refractivity contribution in [3.63, 3.8) is 0 Å². The number of aryl methyl sites for hydroxylation is 2. The van der Waals surface area contributed by atoms with Gasteiger partial charge in [-0.3, -0.25) is 0 Å². The van der Waals surface area contributed by atoms with Crippen molar-refractivity contribution in [1.82, 2.24) is 4.57 Å². The van der Waals surface area contributed by atoms with E-state index in [-0.39, 0.29) is 5.41 Å². The minimum atomic E-state index is 0.131. The second-order valence-corrected chi connectivity index (χ2v) is 15.6. The quantitative estimate of drug-likeness (QED) is 0.169. The third kappa shape index (κ3) is 4.79. The fourth-order valence-electron chi connectivity index (χ4n) is 7.25. The van der Waals surface area contributed by atoms with Crippen molar-refractivity contribution in [1.29, 1.82) is 0 Å². The number of nitrogens with zero attached hydrogens (tertiary/aromatic N) is 2. The van der Waals surface area contributed by atoms with E-state index in [1.54, 1.807) is 0 Å². The predicted molar refractivity (Wildman–Crippen MR) is 200 cm³/mol. The molecule has 0 fully saturated rings. The summed E-state index contributed by atoms with van der Waals surface area (Å²) >= 11 is 1.92. The fraction of sp³-hybridized carbons (Fsp3) is 0.279. The molecule has 0 amide bonds. The molecule has 0 saturated heterocycles. The van der Waals surface area contributed by atoms with Crippen molar-refractivity contribution >= 4 is 42.5 Å². The molecule has 0 aliphatic heterocycles. The van der Waals surface area contributed by atoms with Crippen LogP contribution in [0.25, 0.3) is 59.4 Å². The number of aromatic nitrogens is 2. The molecule has 2 aromatic heterocycles. The zero-order valence-electron chi connectivity index (χ0n) is 28.7. The maximum Gasteiger partial charge on any atom is 0.295 e. The summed E-state index contributed by atoms with van der Waals surface area (Å²) in [7, 11) is 2.25. The average molecular weight is 622 g/mol. The lowest BCUT2D eigenvalue weighted by molar-refractivity contribution is -0.633. The van der Waals surface area contributed by atoms with Crippen LogP contribution in [-0.4, -0.2) is 4.57 Å². The topological polar surface area (TPSA) is 8.81 Å². The van der Waals surface area contributed by atoms with Gasteiger partial charge in [-0.25, -0.2) is 4.57 Å². The minimum absolute atomic E-state index is 0.131. The largest absolute Gasteiger partial charge is 0.295 e. The molecule has 0 unspecified atom stereocenters. The Balaban J connectivity index is 1.59. The summed E-state index contributed by atoms with van der Waals surface area (Å²) in [4.78, 5) is 0. The highest BCUT2D eigenvalue weighted by Gasteiger charge is 2.33. The second kappa shape index (κ2) is 11.2. The molecule has 46 heavy (non-hydrogen) atoms. The molecule has 0 spiro atoms. The van der Waals surface area contributed by atoms with E-state index >= 15 is 0 Å². The Kier molecular flexibility index (Phi) is 7.44. The van der Waals surface area contributed by atoms with Crippen molar-refractivity contribution < 1.29 is 4.57 Å². The van der Waals surface area contributed by atoms with Gasteiger partial charge in [-0.2, -0.15) is 4.57 Å². The lowest BCUT2D eigenvalue weighted by Crippen LogP contribution is -2.30. The Labute approximate surface area is 278 Å². The summed E-state index contributed by atoms with van der Waals surface area (Å²) in [6.07, 6.45) is 0. The van der Waals surface area contributed by atoms with Crippen LogP contribution in [0, 0.1) is 6.92 Å². The predicted octanol–water partition coefficient (Wildman–Crippen LogP) is 12.0. The van der Waals surface area contributed by atoms with E-state index in [1.165, 1.54) is 81.7 Å². The zero-order chi connectivity index (χ0) is 32.5. The first-order valence-corrected chi connectivity index (χ1v) is 17.5. The van der Waals surface area contributed by atoms with E-state index in [9.17, 15) is 0 Å². The third-order valence-corrected chi connectivity index (χ3v) is 10.9. The van der Waals surface area contributed by atoms with Crippen LogP contribution in [0.15, 0.2) is 97.1 Å². The van der Waals surface area contributed by atoms with Gasteiger partial charge in [0, 0.05) is 31.3 Å². The van der Waals surface area contributed by atoms with Crippen molar-refractivity contribution in [2.45, 2.75) is 72.6 Å². The summed E-state index contributed by atoms with van der Waals surface area (Å²) in [5.41, 5.74) is 13.3. The van der Waals surface area contributed by atoms with Crippen molar-refractivity contribution in [2.75, 3.05) is 0 Å². The minimum Gasteiger partial charge on any atom is -0.225 e. The van der Waals surface area contributed by atoms with E-state index in [0.717, 1.165) is 0 Å². The van der Waals surface area contributed by atoms with Gasteiger partial charge in [0.15, 0.2) is 11.0 Å². The number of thiophene rings is 1. The Morgan fingerprint density at radius 1 is 0.717 bits per heavy atom. The van der Waals surface area contributed by atoms with Gasteiger partial charge in [-0.1, -0.05) is 127 Å². The zero-order valence-corrected chi connectivity index (χ0v) is 29.5. The fourth-order valence-corrected chi connectivity index (χ4v) is 8.50. The molecule has 0 aliphatic rings. The smallest absolute Gasteiger partial charge is 0.225 e. The van der Waals surface area contributed by atoms with Gasteiger partial charge in [0.25, 0.3) is 5.82 Å². The number of rotatable bonds is 5. The van der Waals surface area contributed by atoms with E-state index in [2.05, 4.69) is 169 Å². The summed E-state index contributed by atoms with van der Waals surface area (Å²) in [5.74, 6) is 2.01. The second-order valence-electron chi connectivity index (χ2n) is 14.5. The molecule has 7 rings (SSSR count). The average Bonchev–Trinajstić information content (AvgIpc) is 3.55. The molecule has 0 radical (unpaired) electrons. The molecule has 0 aliphatic carbocycles. The van der Waals surface area contributed by atoms with Crippen LogP contribution in [0.1, 0.15) is 82.6 Å². The molecule has 7 aromatic rings. The number of hydrogen-bond donors (Lipinski definition) is 0. The normalized spacial score (nSPS) is 12.4. The van der Waals surface area contributed by atoms with E-state index in [1.807, 2.05) is 11.3 Å². The van der Waals surface area contributed by atoms with Crippen LogP contribution < -0.4 is 4.57 Å². The number of benzene rings is 5. The maximum atomic E-state index is 2.58. The van der Waals surface area contributed by atoms with Gasteiger partial charge in [0.1, 0.15) is 5.69 Å². The standard InChI is InChI=1S/C43H45N2S/c1-26(2)31-14-12-15-32(27(3)4)40(31)45-36-19-11-10-18-35(36)44(9)42(45)38-28(5)20-25-37-39(38)34-17-13-16-33(41(34)46-37)29-21-23-30(24-22-29)43(6,7)8/h10-27H,1-9H3/q+1. The lowest BCUT2D eigenvalue weighted by atomic mass is 9.86. The Bertz CT molecular complexity index is 2230. The Morgan fingerprint density at radius 3 is 2.02 bits per heavy atom. The van der Waals surface area contributed by atoms with Crippen LogP contribution in [-0.2, 0) is 12.5 Å². The maximum absolute atomic E-state index is 2.58. The molecule has 3 heteroatoms. The molecule has 0 atom stereocenters. The molecule has 2 nitrogen and oxygen atoms in total. The van der Waals surface area contributed by atoms with Gasteiger partial charge >= 0.3 is 0 Å². The number of imidazole rings is 1. The van der Waals surface area contributed by atoms with Crippen molar-refractivity contribution in [3.05, 3.63) is 119 Å². The number of hydrogen-bond acceptors (Lipinski definition) is 1. The van der Waals surface area contributed by atoms with Gasteiger partial charge in [-0.15, -0.1) is 11.3 Å². The van der Waals surface area contributed by atoms with E-state index in [0.29, 0.717) is 11.8 Å². The highest BCUT2D eigenvalue weighted by molar-refractivity contribution is 7.26. The first-order valence-electron chi connectivity index (χ1n) is 16.7. The van der Waals surface area contributed by atoms with E-state index in [4.69, 9.17) is 0 Å². The summed E-state index contributed by atoms with van der Waals surface area (Å²) < 4.78 is 7.69. The highest BCUT2D eigenvalue weighted by atomic mass is 32.1. The molecule has 0 bridgehead atoms. The van der Waals surface area contributed by atoms with Crippen LogP contribution in [0.3, 0.4) is 0 Å². The van der Waals surface area contributed by atoms with Gasteiger partial charge in [0.2, 0.25) is 0 Å². The molecule has 0 saturated carbocycles. The Morgan fingerprint density at radius 2 is 1.37 bits per heavy atom. The van der Waals surface area contributed by atoms with Crippen LogP contribution in [0.2, 0.25) is 0 Å². The van der Waals surface area contributed by atoms with Crippen molar-refractivity contribution in [3.8, 4) is 28.2 Å². The monoisotopic (exact) mass is 621 g/mol. The molecule has 0 N–H and O–H groups in total. The molecule has 232 valence electrons. The van der Waals surface area contributed by atoms with Crippen LogP contribution in [0.4, 0.5) is 0 Å². The van der Waals surface area contributed by atoms with E-state index < -0.39 is 0 Å². The highest BCUT2D eigenvalue weighted by Crippen LogP contribution is 2.46. The molecule has 2 heterocycles. The van der Waals surface area contributed by atoms with Crippen LogP contribution >= 0.6 is 11.3 Å². The Hall–Kier alpha value is -4.21. The van der Waals surface area contributed by atoms with Gasteiger partial charge < -0.3 is 0 Å².